The maximum atomic E-state index is 13.3. The third-order valence-electron chi connectivity index (χ3n) is 6.62. The number of carbonyl (C=O) groups is 3. The Morgan fingerprint density at radius 3 is 2.74 bits per heavy atom. The molecule has 0 aliphatic carbocycles. The molecule has 0 saturated carbocycles. The maximum absolute atomic E-state index is 13.3. The van der Waals surface area contributed by atoms with E-state index in [1.807, 2.05) is 0 Å². The summed E-state index contributed by atoms with van der Waals surface area (Å²) in [6.45, 7) is -3.54. The van der Waals surface area contributed by atoms with Crippen molar-refractivity contribution in [2.75, 3.05) is 18.8 Å². The minimum Gasteiger partial charge on any atom is -0.507 e. The quantitative estimate of drug-likeness (QED) is 0.148. The lowest BCUT2D eigenvalue weighted by Crippen LogP contribution is -2.36. The van der Waals surface area contributed by atoms with Gasteiger partial charge < -0.3 is 26.4 Å². The molecule has 0 bridgehead atoms. The van der Waals surface area contributed by atoms with Crippen molar-refractivity contribution in [2.45, 2.75) is 68.1 Å². The first kappa shape index (κ1) is 22.5. The second kappa shape index (κ2) is 11.8. The molecule has 212 valence electrons. The highest BCUT2D eigenvalue weighted by molar-refractivity contribution is 8.00. The number of urea groups is 1. The summed E-state index contributed by atoms with van der Waals surface area (Å²) < 4.78 is 78.8. The number of amides is 4. The molecule has 0 aromatic heterocycles. The number of fused-ring (bicyclic) bond motifs is 1. The number of hydrogen-bond donors (Lipinski definition) is 5. The average Bonchev–Trinajstić information content (AvgIpc) is 3.56. The summed E-state index contributed by atoms with van der Waals surface area (Å²) in [5, 5.41) is 27.5. The third kappa shape index (κ3) is 6.65. The van der Waals surface area contributed by atoms with Gasteiger partial charge in [0.1, 0.15) is 5.75 Å². The summed E-state index contributed by atoms with van der Waals surface area (Å²) in [6.07, 6.45) is -4.89. The molecule has 10 nitrogen and oxygen atoms in total. The first-order valence-corrected chi connectivity index (χ1v) is 13.3. The van der Waals surface area contributed by atoms with Gasteiger partial charge in [-0.25, -0.2) is 4.79 Å². The number of nitrogens with one attached hydrogen (secondary N) is 4. The molecule has 2 fully saturated rings. The Balaban J connectivity index is 1.30. The van der Waals surface area contributed by atoms with Crippen molar-refractivity contribution in [3.8, 4) is 5.75 Å². The van der Waals surface area contributed by atoms with Crippen LogP contribution in [0.25, 0.3) is 6.08 Å². The number of benzene rings is 1. The smallest absolute Gasteiger partial charge is 0.442 e. The molecule has 3 aliphatic rings. The van der Waals surface area contributed by atoms with Crippen molar-refractivity contribution in [3.63, 3.8) is 0 Å². The molecule has 0 radical (unpaired) electrons. The lowest BCUT2D eigenvalue weighted by Gasteiger charge is -2.16. The Bertz CT molecular complexity index is 1350. The molecule has 3 aliphatic heterocycles. The van der Waals surface area contributed by atoms with Gasteiger partial charge in [-0.2, -0.15) is 24.9 Å². The Morgan fingerprint density at radius 2 is 2.05 bits per heavy atom. The van der Waals surface area contributed by atoms with Crippen molar-refractivity contribution in [1.82, 2.24) is 21.3 Å². The van der Waals surface area contributed by atoms with Crippen molar-refractivity contribution < 1.29 is 39.5 Å². The topological polar surface area (TPSA) is 144 Å². The van der Waals surface area contributed by atoms with E-state index in [0.717, 1.165) is 36.8 Å². The summed E-state index contributed by atoms with van der Waals surface area (Å²) >= 11 is 1.78. The minimum absolute atomic E-state index is 0.0406. The molecule has 4 amide bonds. The number of rotatable bonds is 12. The minimum atomic E-state index is -4.86. The largest absolute Gasteiger partial charge is 0.507 e. The van der Waals surface area contributed by atoms with Gasteiger partial charge in [-0.3, -0.25) is 9.59 Å². The molecule has 3 heterocycles. The predicted molar refractivity (Wildman–Crippen MR) is 139 cm³/mol. The molecule has 1 aromatic carbocycles. The summed E-state index contributed by atoms with van der Waals surface area (Å²) in [5.74, 6) is -1.37. The van der Waals surface area contributed by atoms with Gasteiger partial charge in [0.15, 0.2) is 0 Å². The number of phenols is 1. The van der Waals surface area contributed by atoms with Gasteiger partial charge >= 0.3 is 17.9 Å². The highest BCUT2D eigenvalue weighted by atomic mass is 32.2. The fourth-order valence-electron chi connectivity index (χ4n) is 4.47. The molecular formula is C25H31F3N6O4S. The number of hydrogen-bond acceptors (Lipinski definition) is 7. The Morgan fingerprint density at radius 1 is 1.28 bits per heavy atom. The summed E-state index contributed by atoms with van der Waals surface area (Å²) in [4.78, 5) is 36.6. The van der Waals surface area contributed by atoms with E-state index in [-0.39, 0.29) is 54.3 Å². The number of carbonyl (C=O) groups excluding carboxylic acids is 3. The van der Waals surface area contributed by atoms with E-state index in [9.17, 15) is 32.7 Å². The van der Waals surface area contributed by atoms with E-state index >= 15 is 0 Å². The van der Waals surface area contributed by atoms with E-state index in [1.54, 1.807) is 11.8 Å². The number of halogens is 3. The lowest BCUT2D eigenvalue weighted by molar-refractivity contribution is -0.166. The molecule has 39 heavy (non-hydrogen) atoms. The molecule has 4 rings (SSSR count). The van der Waals surface area contributed by atoms with Crippen LogP contribution in [0.15, 0.2) is 34.0 Å². The first-order valence-electron chi connectivity index (χ1n) is 14.8. The molecule has 2 saturated heterocycles. The summed E-state index contributed by atoms with van der Waals surface area (Å²) in [5.41, 5.74) is -4.54. The van der Waals surface area contributed by atoms with Gasteiger partial charge in [0.05, 0.1) is 12.1 Å². The van der Waals surface area contributed by atoms with Crippen LogP contribution in [0.5, 0.6) is 5.75 Å². The number of thioether (sulfide) groups is 1. The highest BCUT2D eigenvalue weighted by Gasteiger charge is 2.65. The number of alkyl halides is 3. The maximum Gasteiger partial charge on any atom is 0.442 e. The van der Waals surface area contributed by atoms with Gasteiger partial charge in [0, 0.05) is 54.1 Å². The van der Waals surface area contributed by atoms with Crippen LogP contribution in [0, 0.1) is 0 Å². The first-order chi connectivity index (χ1) is 20.5. The van der Waals surface area contributed by atoms with Crippen LogP contribution in [0.1, 0.15) is 56.9 Å². The monoisotopic (exact) mass is 573 g/mol. The second-order valence-electron chi connectivity index (χ2n) is 9.30. The van der Waals surface area contributed by atoms with Gasteiger partial charge in [-0.1, -0.05) is 25.4 Å². The van der Waals surface area contributed by atoms with E-state index < -0.39 is 47.9 Å². The standard InChI is InChI=1S/C25H31F3N6O4S/c1-2-14(11-15-7-8-16(12-18(15)35)24(33-34-24)25(26,27)28)22(37)30-10-9-29-20(36)6-4-3-5-19-21-17(13-39-19)31-23(38)32-21/h7-8,11-12,17,19,21,35H,2-6,9-10,13H2,1H3,(H,29,36)(H,30,37)(H2,31,32,38)/b14-11+/i1D3,2D2. The van der Waals surface area contributed by atoms with Gasteiger partial charge in [0.2, 0.25) is 11.8 Å². The molecular weight excluding hydrogens is 537 g/mol. The molecule has 14 heteroatoms. The zero-order valence-electron chi connectivity index (χ0n) is 25.6. The van der Waals surface area contributed by atoms with Crippen LogP contribution in [0.3, 0.4) is 0 Å². The van der Waals surface area contributed by atoms with Crippen LogP contribution in [0.4, 0.5) is 18.0 Å². The number of phenolic OH excluding ortho intramolecular Hbond substituents is 1. The molecule has 3 atom stereocenters. The van der Waals surface area contributed by atoms with Crippen LogP contribution >= 0.6 is 11.8 Å². The van der Waals surface area contributed by atoms with Crippen LogP contribution in [-0.4, -0.2) is 65.3 Å². The van der Waals surface area contributed by atoms with Crippen LogP contribution in [0.2, 0.25) is 0 Å². The number of unbranched alkanes of at least 4 members (excludes halogenated alkanes) is 1. The summed E-state index contributed by atoms with van der Waals surface area (Å²) in [6, 6.07) is 2.66. The second-order valence-corrected chi connectivity index (χ2v) is 10.6. The fraction of sp³-hybridized carbons (Fsp3) is 0.560. The van der Waals surface area contributed by atoms with E-state index in [0.29, 0.717) is 12.5 Å². The van der Waals surface area contributed by atoms with Crippen molar-refractivity contribution in [3.05, 3.63) is 34.9 Å². The van der Waals surface area contributed by atoms with Crippen molar-refractivity contribution in [2.24, 2.45) is 10.2 Å². The van der Waals surface area contributed by atoms with Gasteiger partial charge in [-0.15, -0.1) is 10.2 Å². The third-order valence-corrected chi connectivity index (χ3v) is 8.13. The van der Waals surface area contributed by atoms with E-state index in [1.165, 1.54) is 0 Å². The molecule has 3 unspecified atom stereocenters. The average molecular weight is 574 g/mol. The van der Waals surface area contributed by atoms with Gasteiger partial charge in [0.25, 0.3) is 0 Å². The zero-order chi connectivity index (χ0) is 32.5. The van der Waals surface area contributed by atoms with Crippen LogP contribution < -0.4 is 21.3 Å². The Hall–Kier alpha value is -3.29. The predicted octanol–water partition coefficient (Wildman–Crippen LogP) is 3.32. The Labute approximate surface area is 234 Å². The summed E-state index contributed by atoms with van der Waals surface area (Å²) in [7, 11) is 0. The van der Waals surface area contributed by atoms with Crippen molar-refractivity contribution in [1.29, 1.82) is 0 Å². The Kier molecular flexibility index (Phi) is 6.84. The zero-order valence-corrected chi connectivity index (χ0v) is 21.4. The van der Waals surface area contributed by atoms with Crippen LogP contribution in [-0.2, 0) is 15.3 Å². The van der Waals surface area contributed by atoms with Gasteiger partial charge in [-0.05, 0) is 31.4 Å². The number of aromatic hydroxyl groups is 1. The molecule has 5 N–H and O–H groups in total. The molecule has 1 aromatic rings. The normalized spacial score (nSPS) is 25.7. The fourth-order valence-corrected chi connectivity index (χ4v) is 6.02. The van der Waals surface area contributed by atoms with Crippen molar-refractivity contribution >= 4 is 35.7 Å². The SMILES string of the molecule is [2H]C([2H])([2H])C([2H])([2H])/C(=C\c1ccc(C2(C(F)(F)F)N=N2)cc1O)C(=O)NCCNC(=O)CCCCC1SCC2NC(=O)NC21. The lowest BCUT2D eigenvalue weighted by atomic mass is 9.99. The number of nitrogens with zero attached hydrogens (tertiary/aromatic N) is 2. The van der Waals surface area contributed by atoms with E-state index in [2.05, 4.69) is 31.5 Å². The molecule has 0 spiro atoms. The highest BCUT2D eigenvalue weighted by Crippen LogP contribution is 2.53. The van der Waals surface area contributed by atoms with E-state index in [4.69, 9.17) is 6.85 Å².